The maximum Gasteiger partial charge on any atom is 0.122 e. The zero-order valence-electron chi connectivity index (χ0n) is 11.8. The molecule has 1 N–H and O–H groups in total. The molecule has 1 unspecified atom stereocenters. The van der Waals surface area contributed by atoms with Crippen molar-refractivity contribution in [2.24, 2.45) is 5.92 Å². The maximum atomic E-state index is 9.61. The predicted molar refractivity (Wildman–Crippen MR) is 71.2 cm³/mol. The van der Waals surface area contributed by atoms with Gasteiger partial charge in [-0.2, -0.15) is 5.26 Å². The molecule has 0 amide bonds. The lowest BCUT2D eigenvalue weighted by atomic mass is 9.93. The summed E-state index contributed by atoms with van der Waals surface area (Å²) in [7, 11) is 0. The van der Waals surface area contributed by atoms with Gasteiger partial charge in [0, 0.05) is 19.6 Å². The zero-order chi connectivity index (χ0) is 13.2. The van der Waals surface area contributed by atoms with Gasteiger partial charge >= 0.3 is 0 Å². The molecule has 102 valence electrons. The third-order valence-electron chi connectivity index (χ3n) is 3.94. The van der Waals surface area contributed by atoms with Crippen molar-refractivity contribution in [2.45, 2.75) is 44.8 Å². The fourth-order valence-electron chi connectivity index (χ4n) is 2.99. The largest absolute Gasteiger partial charge is 0.373 e. The van der Waals surface area contributed by atoms with Crippen LogP contribution in [0.3, 0.4) is 0 Å². The highest BCUT2D eigenvalue weighted by Crippen LogP contribution is 2.40. The molecule has 0 spiro atoms. The van der Waals surface area contributed by atoms with Gasteiger partial charge in [-0.25, -0.2) is 0 Å². The first-order valence-electron chi connectivity index (χ1n) is 7.04. The highest BCUT2D eigenvalue weighted by atomic mass is 16.5. The Morgan fingerprint density at radius 1 is 1.50 bits per heavy atom. The fraction of sp³-hybridized carbons (Fsp3) is 0.929. The quantitative estimate of drug-likeness (QED) is 0.802. The van der Waals surface area contributed by atoms with Crippen LogP contribution in [0.5, 0.6) is 0 Å². The Morgan fingerprint density at radius 2 is 2.22 bits per heavy atom. The SMILES string of the molecule is CCNC(C#N)(CN1CCOC(C)(C)C1)C1CC1. The van der Waals surface area contributed by atoms with Gasteiger partial charge in [0.15, 0.2) is 0 Å². The molecule has 0 bridgehead atoms. The molecule has 1 heterocycles. The summed E-state index contributed by atoms with van der Waals surface area (Å²) in [5.41, 5.74) is -0.433. The van der Waals surface area contributed by atoms with Gasteiger partial charge in [-0.15, -0.1) is 0 Å². The van der Waals surface area contributed by atoms with Gasteiger partial charge < -0.3 is 4.74 Å². The average molecular weight is 251 g/mol. The maximum absolute atomic E-state index is 9.61. The molecule has 2 aliphatic rings. The van der Waals surface area contributed by atoms with E-state index in [0.717, 1.165) is 32.8 Å². The molecule has 0 radical (unpaired) electrons. The van der Waals surface area contributed by atoms with E-state index >= 15 is 0 Å². The van der Waals surface area contributed by atoms with E-state index in [0.29, 0.717) is 5.92 Å². The van der Waals surface area contributed by atoms with Crippen molar-refractivity contribution in [1.29, 1.82) is 5.26 Å². The van der Waals surface area contributed by atoms with Crippen molar-refractivity contribution in [3.8, 4) is 6.07 Å². The molecule has 0 aromatic rings. The molecule has 1 atom stereocenters. The van der Waals surface area contributed by atoms with Gasteiger partial charge in [0.25, 0.3) is 0 Å². The summed E-state index contributed by atoms with van der Waals surface area (Å²) in [6.45, 7) is 10.6. The fourth-order valence-corrected chi connectivity index (χ4v) is 2.99. The lowest BCUT2D eigenvalue weighted by Crippen LogP contribution is -2.58. The molecule has 0 aromatic carbocycles. The normalized spacial score (nSPS) is 27.4. The third-order valence-corrected chi connectivity index (χ3v) is 3.94. The van der Waals surface area contributed by atoms with Gasteiger partial charge in [0.2, 0.25) is 0 Å². The van der Waals surface area contributed by atoms with Crippen LogP contribution < -0.4 is 5.32 Å². The summed E-state index contributed by atoms with van der Waals surface area (Å²) < 4.78 is 5.73. The molecule has 1 aliphatic carbocycles. The molecular formula is C14H25N3O. The molecule has 0 aromatic heterocycles. The average Bonchev–Trinajstić information content (AvgIpc) is 3.11. The van der Waals surface area contributed by atoms with Gasteiger partial charge in [0.05, 0.1) is 18.3 Å². The zero-order valence-corrected chi connectivity index (χ0v) is 11.8. The summed E-state index contributed by atoms with van der Waals surface area (Å²) in [5.74, 6) is 0.536. The van der Waals surface area contributed by atoms with Crippen molar-refractivity contribution in [3.05, 3.63) is 0 Å². The van der Waals surface area contributed by atoms with Crippen LogP contribution in [0.4, 0.5) is 0 Å². The second-order valence-corrected chi connectivity index (χ2v) is 6.21. The molecule has 4 nitrogen and oxygen atoms in total. The number of nitrogens with zero attached hydrogens (tertiary/aromatic N) is 2. The monoisotopic (exact) mass is 251 g/mol. The topological polar surface area (TPSA) is 48.3 Å². The first kappa shape index (κ1) is 13.8. The van der Waals surface area contributed by atoms with Gasteiger partial charge in [-0.1, -0.05) is 6.92 Å². The molecule has 1 saturated heterocycles. The number of ether oxygens (including phenoxy) is 1. The molecule has 2 fully saturated rings. The van der Waals surface area contributed by atoms with Crippen molar-refractivity contribution in [3.63, 3.8) is 0 Å². The minimum atomic E-state index is -0.345. The minimum Gasteiger partial charge on any atom is -0.373 e. The van der Waals surface area contributed by atoms with E-state index in [1.165, 1.54) is 12.8 Å². The Bertz CT molecular complexity index is 332. The van der Waals surface area contributed by atoms with Crippen LogP contribution in [0, 0.1) is 17.2 Å². The predicted octanol–water partition coefficient (Wildman–Crippen LogP) is 1.38. The van der Waals surface area contributed by atoms with Crippen molar-refractivity contribution < 1.29 is 4.74 Å². The highest BCUT2D eigenvalue weighted by molar-refractivity contribution is 5.16. The Hall–Kier alpha value is -0.630. The molecule has 1 saturated carbocycles. The van der Waals surface area contributed by atoms with Gasteiger partial charge in [-0.05, 0) is 39.2 Å². The van der Waals surface area contributed by atoms with E-state index in [9.17, 15) is 5.26 Å². The number of hydrogen-bond donors (Lipinski definition) is 1. The Labute approximate surface area is 110 Å². The lowest BCUT2D eigenvalue weighted by Gasteiger charge is -2.42. The van der Waals surface area contributed by atoms with Gasteiger partial charge in [0.1, 0.15) is 5.54 Å². The number of rotatable bonds is 5. The van der Waals surface area contributed by atoms with Crippen LogP contribution >= 0.6 is 0 Å². The minimum absolute atomic E-state index is 0.0881. The van der Waals surface area contributed by atoms with Gasteiger partial charge in [-0.3, -0.25) is 10.2 Å². The number of nitriles is 1. The summed E-state index contributed by atoms with van der Waals surface area (Å²) in [6.07, 6.45) is 2.38. The first-order valence-corrected chi connectivity index (χ1v) is 7.04. The third kappa shape index (κ3) is 3.03. The van der Waals surface area contributed by atoms with E-state index in [1.54, 1.807) is 0 Å². The van der Waals surface area contributed by atoms with E-state index in [-0.39, 0.29) is 11.1 Å². The van der Waals surface area contributed by atoms with Crippen LogP contribution in [0.1, 0.15) is 33.6 Å². The standard InChI is InChI=1S/C14H25N3O/c1-4-16-14(9-15,12-5-6-12)11-17-7-8-18-13(2,3)10-17/h12,16H,4-8,10-11H2,1-3H3. The number of nitrogens with one attached hydrogen (secondary N) is 1. The van der Waals surface area contributed by atoms with Crippen molar-refractivity contribution in [1.82, 2.24) is 10.2 Å². The van der Waals surface area contributed by atoms with Crippen LogP contribution in [-0.2, 0) is 4.74 Å². The summed E-state index contributed by atoms with van der Waals surface area (Å²) in [5, 5.41) is 13.0. The van der Waals surface area contributed by atoms with Crippen LogP contribution in [0.2, 0.25) is 0 Å². The Kier molecular flexibility index (Phi) is 3.96. The second-order valence-electron chi connectivity index (χ2n) is 6.21. The highest BCUT2D eigenvalue weighted by Gasteiger charge is 2.47. The lowest BCUT2D eigenvalue weighted by molar-refractivity contribution is -0.0901. The summed E-state index contributed by atoms with van der Waals surface area (Å²) >= 11 is 0. The molecule has 1 aliphatic heterocycles. The van der Waals surface area contributed by atoms with Crippen LogP contribution in [-0.4, -0.2) is 48.8 Å². The number of likely N-dealkylation sites (N-methyl/N-ethyl adjacent to an activating group) is 1. The van der Waals surface area contributed by atoms with Crippen LogP contribution in [0.25, 0.3) is 0 Å². The smallest absolute Gasteiger partial charge is 0.122 e. The first-order chi connectivity index (χ1) is 8.51. The Morgan fingerprint density at radius 3 is 2.72 bits per heavy atom. The number of hydrogen-bond acceptors (Lipinski definition) is 4. The van der Waals surface area contributed by atoms with E-state index in [4.69, 9.17) is 4.74 Å². The van der Waals surface area contributed by atoms with Crippen LogP contribution in [0.15, 0.2) is 0 Å². The van der Waals surface area contributed by atoms with E-state index in [1.807, 2.05) is 0 Å². The van der Waals surface area contributed by atoms with Crippen molar-refractivity contribution >= 4 is 0 Å². The molecule has 4 heteroatoms. The molecular weight excluding hydrogens is 226 g/mol. The van der Waals surface area contributed by atoms with E-state index in [2.05, 4.69) is 37.1 Å². The Balaban J connectivity index is 2.02. The number of morpholine rings is 1. The van der Waals surface area contributed by atoms with E-state index < -0.39 is 0 Å². The molecule has 2 rings (SSSR count). The second kappa shape index (κ2) is 5.16. The van der Waals surface area contributed by atoms with Crippen molar-refractivity contribution in [2.75, 3.05) is 32.8 Å². The molecule has 18 heavy (non-hydrogen) atoms. The summed E-state index contributed by atoms with van der Waals surface area (Å²) in [4.78, 5) is 2.38. The summed E-state index contributed by atoms with van der Waals surface area (Å²) in [6, 6.07) is 2.56.